The molecule has 1 fully saturated rings. The Labute approximate surface area is 133 Å². The Balaban J connectivity index is 1.64. The van der Waals surface area contributed by atoms with Crippen LogP contribution >= 0.6 is 0 Å². The average molecular weight is 308 g/mol. The summed E-state index contributed by atoms with van der Waals surface area (Å²) in [6.07, 6.45) is 2.68. The fraction of sp³-hybridized carbons (Fsp3) is 0.294. The summed E-state index contributed by atoms with van der Waals surface area (Å²) in [4.78, 5) is 13.5. The largest absolute Gasteiger partial charge is 0.381 e. The lowest BCUT2D eigenvalue weighted by Gasteiger charge is -2.04. The molecule has 0 unspecified atom stereocenters. The predicted octanol–water partition coefficient (Wildman–Crippen LogP) is 3.01. The normalized spacial score (nSPS) is 17.5. The van der Waals surface area contributed by atoms with Crippen LogP contribution in [-0.4, -0.2) is 33.3 Å². The van der Waals surface area contributed by atoms with Gasteiger partial charge in [-0.15, -0.1) is 0 Å². The zero-order valence-electron chi connectivity index (χ0n) is 12.8. The molecular formula is C17H16N4O2. The highest BCUT2D eigenvalue weighted by molar-refractivity contribution is 5.60. The third-order valence-electron chi connectivity index (χ3n) is 3.98. The Morgan fingerprint density at radius 3 is 2.74 bits per heavy atom. The van der Waals surface area contributed by atoms with E-state index < -0.39 is 0 Å². The number of nitrogens with zero attached hydrogens (tertiary/aromatic N) is 4. The third-order valence-corrected chi connectivity index (χ3v) is 3.98. The van der Waals surface area contributed by atoms with Gasteiger partial charge in [0.25, 0.3) is 5.89 Å². The smallest absolute Gasteiger partial charge is 0.261 e. The average Bonchev–Trinajstić information content (AvgIpc) is 3.27. The summed E-state index contributed by atoms with van der Waals surface area (Å²) < 4.78 is 10.8. The molecule has 0 saturated carbocycles. The van der Waals surface area contributed by atoms with Crippen molar-refractivity contribution in [3.05, 3.63) is 48.0 Å². The molecule has 1 aromatic carbocycles. The summed E-state index contributed by atoms with van der Waals surface area (Å²) in [5.41, 5.74) is 2.57. The minimum Gasteiger partial charge on any atom is -0.381 e. The fourth-order valence-corrected chi connectivity index (χ4v) is 2.65. The molecule has 1 saturated heterocycles. The predicted molar refractivity (Wildman–Crippen MR) is 83.7 cm³/mol. The molecule has 0 radical (unpaired) electrons. The van der Waals surface area contributed by atoms with Crippen LogP contribution in [0.3, 0.4) is 0 Å². The molecule has 3 aromatic rings. The van der Waals surface area contributed by atoms with Crippen LogP contribution in [0.25, 0.3) is 22.8 Å². The van der Waals surface area contributed by atoms with Crippen molar-refractivity contribution in [2.24, 2.45) is 0 Å². The van der Waals surface area contributed by atoms with E-state index in [1.54, 1.807) is 6.20 Å². The highest BCUT2D eigenvalue weighted by Gasteiger charge is 2.24. The summed E-state index contributed by atoms with van der Waals surface area (Å²) in [5, 5.41) is 4.07. The molecule has 23 heavy (non-hydrogen) atoms. The van der Waals surface area contributed by atoms with Gasteiger partial charge < -0.3 is 9.26 Å². The quantitative estimate of drug-likeness (QED) is 0.740. The number of ether oxygens (including phenoxy) is 1. The molecule has 0 N–H and O–H groups in total. The maximum Gasteiger partial charge on any atom is 0.261 e. The second-order valence-corrected chi connectivity index (χ2v) is 5.58. The van der Waals surface area contributed by atoms with Gasteiger partial charge in [-0.1, -0.05) is 35.5 Å². The Hall–Kier alpha value is -2.60. The van der Waals surface area contributed by atoms with Crippen molar-refractivity contribution < 1.29 is 9.26 Å². The monoisotopic (exact) mass is 308 g/mol. The van der Waals surface area contributed by atoms with Crippen molar-refractivity contribution in [3.8, 4) is 22.8 Å². The third kappa shape index (κ3) is 2.73. The number of hydrogen-bond acceptors (Lipinski definition) is 6. The van der Waals surface area contributed by atoms with Crippen LogP contribution in [0.2, 0.25) is 0 Å². The second-order valence-electron chi connectivity index (χ2n) is 5.58. The Kier molecular flexibility index (Phi) is 3.59. The van der Waals surface area contributed by atoms with E-state index in [2.05, 4.69) is 20.1 Å². The minimum atomic E-state index is 0.220. The first kappa shape index (κ1) is 14.0. The van der Waals surface area contributed by atoms with Crippen molar-refractivity contribution in [2.75, 3.05) is 13.2 Å². The van der Waals surface area contributed by atoms with Crippen LogP contribution in [0.4, 0.5) is 0 Å². The van der Waals surface area contributed by atoms with E-state index in [9.17, 15) is 0 Å². The molecule has 1 atom stereocenters. The van der Waals surface area contributed by atoms with Gasteiger partial charge in [-0.3, -0.25) is 0 Å². The Morgan fingerprint density at radius 2 is 2.00 bits per heavy atom. The highest BCUT2D eigenvalue weighted by atomic mass is 16.5. The van der Waals surface area contributed by atoms with Crippen LogP contribution in [0.1, 0.15) is 23.9 Å². The topological polar surface area (TPSA) is 73.9 Å². The lowest BCUT2D eigenvalue weighted by atomic mass is 10.1. The summed E-state index contributed by atoms with van der Waals surface area (Å²) >= 11 is 0. The second kappa shape index (κ2) is 5.89. The molecule has 0 amide bonds. The van der Waals surface area contributed by atoms with E-state index in [1.165, 1.54) is 0 Å². The fourth-order valence-electron chi connectivity index (χ4n) is 2.65. The SMILES string of the molecule is Cc1nc(-c2ccccc2)ncc1-c1nc([C@H]2CCOC2)no1. The van der Waals surface area contributed by atoms with Crippen LogP contribution in [0.5, 0.6) is 0 Å². The summed E-state index contributed by atoms with van der Waals surface area (Å²) in [6, 6.07) is 9.88. The molecule has 6 heteroatoms. The van der Waals surface area contributed by atoms with Gasteiger partial charge >= 0.3 is 0 Å². The first-order valence-corrected chi connectivity index (χ1v) is 7.62. The van der Waals surface area contributed by atoms with Crippen molar-refractivity contribution >= 4 is 0 Å². The van der Waals surface area contributed by atoms with E-state index >= 15 is 0 Å². The molecule has 3 heterocycles. The lowest BCUT2D eigenvalue weighted by molar-refractivity contribution is 0.192. The van der Waals surface area contributed by atoms with Crippen molar-refractivity contribution in [1.29, 1.82) is 0 Å². The zero-order valence-corrected chi connectivity index (χ0v) is 12.8. The molecule has 2 aromatic heterocycles. The molecule has 0 bridgehead atoms. The summed E-state index contributed by atoms with van der Waals surface area (Å²) in [7, 11) is 0. The van der Waals surface area contributed by atoms with E-state index in [1.807, 2.05) is 37.3 Å². The molecule has 0 aliphatic carbocycles. The zero-order chi connectivity index (χ0) is 15.6. The van der Waals surface area contributed by atoms with Crippen molar-refractivity contribution in [2.45, 2.75) is 19.3 Å². The van der Waals surface area contributed by atoms with E-state index in [0.717, 1.165) is 29.8 Å². The maximum atomic E-state index is 5.39. The lowest BCUT2D eigenvalue weighted by Crippen LogP contribution is -2.00. The van der Waals surface area contributed by atoms with Gasteiger partial charge in [-0.25, -0.2) is 9.97 Å². The van der Waals surface area contributed by atoms with Gasteiger partial charge in [0.1, 0.15) is 0 Å². The first-order valence-electron chi connectivity index (χ1n) is 7.62. The van der Waals surface area contributed by atoms with Gasteiger partial charge in [0.05, 0.1) is 17.9 Å². The van der Waals surface area contributed by atoms with Gasteiger partial charge in [-0.2, -0.15) is 4.98 Å². The van der Waals surface area contributed by atoms with E-state index in [-0.39, 0.29) is 5.92 Å². The summed E-state index contributed by atoms with van der Waals surface area (Å²) in [6.45, 7) is 3.33. The molecule has 0 spiro atoms. The van der Waals surface area contributed by atoms with Gasteiger partial charge in [0, 0.05) is 24.3 Å². The Bertz CT molecular complexity index is 810. The number of aryl methyl sites for hydroxylation is 1. The van der Waals surface area contributed by atoms with Gasteiger partial charge in [0.2, 0.25) is 0 Å². The first-order chi connectivity index (χ1) is 11.3. The van der Waals surface area contributed by atoms with Crippen LogP contribution in [-0.2, 0) is 4.74 Å². The van der Waals surface area contributed by atoms with Crippen LogP contribution in [0.15, 0.2) is 41.1 Å². The maximum absolute atomic E-state index is 5.39. The molecular weight excluding hydrogens is 292 g/mol. The molecule has 116 valence electrons. The van der Waals surface area contributed by atoms with Crippen molar-refractivity contribution in [1.82, 2.24) is 20.1 Å². The number of benzene rings is 1. The number of rotatable bonds is 3. The molecule has 6 nitrogen and oxygen atoms in total. The van der Waals surface area contributed by atoms with E-state index in [0.29, 0.717) is 24.1 Å². The van der Waals surface area contributed by atoms with Crippen LogP contribution in [0, 0.1) is 6.92 Å². The molecule has 1 aliphatic heterocycles. The van der Waals surface area contributed by atoms with Crippen molar-refractivity contribution in [3.63, 3.8) is 0 Å². The number of aromatic nitrogens is 4. The summed E-state index contributed by atoms with van der Waals surface area (Å²) in [5.74, 6) is 2.07. The molecule has 1 aliphatic rings. The molecule has 4 rings (SSSR count). The highest BCUT2D eigenvalue weighted by Crippen LogP contribution is 2.27. The standard InChI is InChI=1S/C17H16N4O2/c1-11-14(9-18-15(19-11)12-5-3-2-4-6-12)17-20-16(21-23-17)13-7-8-22-10-13/h2-6,9,13H,7-8,10H2,1H3/t13-/m0/s1. The van der Waals surface area contributed by atoms with Gasteiger partial charge in [0.15, 0.2) is 11.6 Å². The minimum absolute atomic E-state index is 0.220. The number of hydrogen-bond donors (Lipinski definition) is 0. The van der Waals surface area contributed by atoms with Gasteiger partial charge in [-0.05, 0) is 13.3 Å². The van der Waals surface area contributed by atoms with Crippen LogP contribution < -0.4 is 0 Å². The van der Waals surface area contributed by atoms with E-state index in [4.69, 9.17) is 9.26 Å². The Morgan fingerprint density at radius 1 is 1.13 bits per heavy atom.